The van der Waals surface area contributed by atoms with Crippen molar-refractivity contribution in [2.75, 3.05) is 13.1 Å². The molecule has 1 aliphatic heterocycles. The molecule has 0 unspecified atom stereocenters. The monoisotopic (exact) mass is 282 g/mol. The number of carbonyl (C=O) groups is 1. The molecule has 2 N–H and O–H groups in total. The number of rotatable bonds is 2. The molecule has 0 saturated carbocycles. The van der Waals surface area contributed by atoms with Crippen molar-refractivity contribution in [1.29, 1.82) is 0 Å². The lowest BCUT2D eigenvalue weighted by Gasteiger charge is -2.30. The zero-order chi connectivity index (χ0) is 14.0. The van der Waals surface area contributed by atoms with Gasteiger partial charge in [0, 0.05) is 25.0 Å². The summed E-state index contributed by atoms with van der Waals surface area (Å²) >= 11 is 6.05. The summed E-state index contributed by atoms with van der Waals surface area (Å²) in [5.41, 5.74) is 6.14. The van der Waals surface area contributed by atoms with Crippen molar-refractivity contribution in [3.63, 3.8) is 0 Å². The molecule has 1 fully saturated rings. The molecule has 1 aliphatic rings. The van der Waals surface area contributed by atoms with Gasteiger partial charge in [0.1, 0.15) is 5.82 Å². The number of hydrogen-bond donors (Lipinski definition) is 1. The molecule has 1 amide bonds. The Morgan fingerprint density at radius 1 is 1.47 bits per heavy atom. The number of carbonyl (C=O) groups excluding carboxylic acids is 1. The second-order valence-electron chi connectivity index (χ2n) is 5.21. The molecule has 0 radical (unpaired) electrons. The van der Waals surface area contributed by atoms with Gasteiger partial charge in [-0.1, -0.05) is 25.4 Å². The molecule has 1 saturated heterocycles. The fourth-order valence-corrected chi connectivity index (χ4v) is 2.23. The highest BCUT2D eigenvalue weighted by Gasteiger charge is 2.25. The number of aromatic nitrogens is 2. The summed E-state index contributed by atoms with van der Waals surface area (Å²) in [5, 5.41) is 0.310. The van der Waals surface area contributed by atoms with Crippen molar-refractivity contribution >= 4 is 17.5 Å². The number of halogens is 1. The minimum absolute atomic E-state index is 0.124. The van der Waals surface area contributed by atoms with Gasteiger partial charge in [-0.2, -0.15) is 0 Å². The van der Waals surface area contributed by atoms with E-state index in [2.05, 4.69) is 9.97 Å². The maximum atomic E-state index is 12.4. The van der Waals surface area contributed by atoms with Crippen LogP contribution in [0.1, 0.15) is 48.9 Å². The Kier molecular flexibility index (Phi) is 4.37. The molecule has 0 aromatic carbocycles. The first-order valence-electron chi connectivity index (χ1n) is 6.56. The molecular formula is C13H19ClN4O. The van der Waals surface area contributed by atoms with Crippen LogP contribution in [0.15, 0.2) is 6.20 Å². The largest absolute Gasteiger partial charge is 0.337 e. The average Bonchev–Trinajstić information content (AvgIpc) is 2.39. The fourth-order valence-electron chi connectivity index (χ4n) is 2.06. The van der Waals surface area contributed by atoms with E-state index in [-0.39, 0.29) is 17.9 Å². The summed E-state index contributed by atoms with van der Waals surface area (Å²) in [6, 6.07) is 0.191. The summed E-state index contributed by atoms with van der Waals surface area (Å²) in [6.07, 6.45) is 3.16. The average molecular weight is 283 g/mol. The molecular weight excluding hydrogens is 264 g/mol. The van der Waals surface area contributed by atoms with E-state index in [9.17, 15) is 4.79 Å². The van der Waals surface area contributed by atoms with E-state index in [0.29, 0.717) is 29.6 Å². The number of amides is 1. The molecule has 2 heterocycles. The standard InChI is InChI=1S/C13H19ClN4O/c1-8(2)12-16-7-10(14)11(17-12)13(19)18-5-3-9(15)4-6-18/h7-9H,3-6,15H2,1-2H3. The summed E-state index contributed by atoms with van der Waals surface area (Å²) in [6.45, 7) is 5.30. The van der Waals surface area contributed by atoms with Crippen LogP contribution in [-0.2, 0) is 0 Å². The number of hydrogen-bond acceptors (Lipinski definition) is 4. The van der Waals surface area contributed by atoms with Gasteiger partial charge in [-0.15, -0.1) is 0 Å². The van der Waals surface area contributed by atoms with Crippen LogP contribution in [0.2, 0.25) is 5.02 Å². The highest BCUT2D eigenvalue weighted by Crippen LogP contribution is 2.19. The Morgan fingerprint density at radius 2 is 2.11 bits per heavy atom. The molecule has 2 rings (SSSR count). The molecule has 6 heteroatoms. The van der Waals surface area contributed by atoms with Crippen LogP contribution in [0.5, 0.6) is 0 Å². The highest BCUT2D eigenvalue weighted by atomic mass is 35.5. The third-order valence-electron chi connectivity index (χ3n) is 3.31. The molecule has 19 heavy (non-hydrogen) atoms. The predicted octanol–water partition coefficient (Wildman–Crippen LogP) is 1.82. The van der Waals surface area contributed by atoms with Gasteiger partial charge in [0.05, 0.1) is 11.2 Å². The van der Waals surface area contributed by atoms with Gasteiger partial charge in [-0.05, 0) is 12.8 Å². The van der Waals surface area contributed by atoms with Crippen LogP contribution >= 0.6 is 11.6 Å². The van der Waals surface area contributed by atoms with Crippen LogP contribution in [0.4, 0.5) is 0 Å². The lowest BCUT2D eigenvalue weighted by Crippen LogP contribution is -2.43. The summed E-state index contributed by atoms with van der Waals surface area (Å²) in [4.78, 5) is 22.6. The van der Waals surface area contributed by atoms with Crippen LogP contribution in [0.3, 0.4) is 0 Å². The van der Waals surface area contributed by atoms with E-state index in [1.54, 1.807) is 4.90 Å². The predicted molar refractivity (Wildman–Crippen MR) is 74.2 cm³/mol. The lowest BCUT2D eigenvalue weighted by atomic mass is 10.1. The first-order valence-corrected chi connectivity index (χ1v) is 6.94. The summed E-state index contributed by atoms with van der Waals surface area (Å²) < 4.78 is 0. The number of nitrogens with two attached hydrogens (primary N) is 1. The Hall–Kier alpha value is -1.20. The number of piperidine rings is 1. The van der Waals surface area contributed by atoms with Crippen molar-refractivity contribution in [3.05, 3.63) is 22.7 Å². The molecule has 0 bridgehead atoms. The van der Waals surface area contributed by atoms with Gasteiger partial charge >= 0.3 is 0 Å². The minimum atomic E-state index is -0.124. The van der Waals surface area contributed by atoms with E-state index in [0.717, 1.165) is 12.8 Å². The van der Waals surface area contributed by atoms with E-state index < -0.39 is 0 Å². The molecule has 0 aliphatic carbocycles. The SMILES string of the molecule is CC(C)c1ncc(Cl)c(C(=O)N2CCC(N)CC2)n1. The van der Waals surface area contributed by atoms with Gasteiger partial charge in [0.15, 0.2) is 5.69 Å². The highest BCUT2D eigenvalue weighted by molar-refractivity contribution is 6.33. The maximum Gasteiger partial charge on any atom is 0.274 e. The van der Waals surface area contributed by atoms with Crippen molar-refractivity contribution in [1.82, 2.24) is 14.9 Å². The second kappa shape index (κ2) is 5.84. The van der Waals surface area contributed by atoms with E-state index in [1.165, 1.54) is 6.20 Å². The second-order valence-corrected chi connectivity index (χ2v) is 5.62. The summed E-state index contributed by atoms with van der Waals surface area (Å²) in [5.74, 6) is 0.682. The van der Waals surface area contributed by atoms with Crippen LogP contribution in [0, 0.1) is 0 Å². The van der Waals surface area contributed by atoms with Crippen molar-refractivity contribution in [2.24, 2.45) is 5.73 Å². The Labute approximate surface area is 118 Å². The molecule has 104 valence electrons. The fraction of sp³-hybridized carbons (Fsp3) is 0.615. The van der Waals surface area contributed by atoms with E-state index >= 15 is 0 Å². The topological polar surface area (TPSA) is 72.1 Å². The van der Waals surface area contributed by atoms with Crippen LogP contribution in [0.25, 0.3) is 0 Å². The van der Waals surface area contributed by atoms with Gasteiger partial charge < -0.3 is 10.6 Å². The summed E-state index contributed by atoms with van der Waals surface area (Å²) in [7, 11) is 0. The Balaban J connectivity index is 2.20. The zero-order valence-corrected chi connectivity index (χ0v) is 12.0. The molecule has 0 atom stereocenters. The van der Waals surface area contributed by atoms with Gasteiger partial charge in [0.25, 0.3) is 5.91 Å². The Bertz CT molecular complexity index is 470. The van der Waals surface area contributed by atoms with Crippen molar-refractivity contribution in [3.8, 4) is 0 Å². The van der Waals surface area contributed by atoms with Crippen molar-refractivity contribution < 1.29 is 4.79 Å². The minimum Gasteiger partial charge on any atom is -0.337 e. The van der Waals surface area contributed by atoms with Crippen LogP contribution in [-0.4, -0.2) is 39.9 Å². The maximum absolute atomic E-state index is 12.4. The van der Waals surface area contributed by atoms with E-state index in [1.807, 2.05) is 13.8 Å². The molecule has 1 aromatic rings. The Morgan fingerprint density at radius 3 is 2.68 bits per heavy atom. The molecule has 5 nitrogen and oxygen atoms in total. The number of nitrogens with zero attached hydrogens (tertiary/aromatic N) is 3. The molecule has 1 aromatic heterocycles. The third kappa shape index (κ3) is 3.22. The van der Waals surface area contributed by atoms with Gasteiger partial charge in [-0.25, -0.2) is 9.97 Å². The smallest absolute Gasteiger partial charge is 0.274 e. The lowest BCUT2D eigenvalue weighted by molar-refractivity contribution is 0.0708. The quantitative estimate of drug-likeness (QED) is 0.898. The van der Waals surface area contributed by atoms with E-state index in [4.69, 9.17) is 17.3 Å². The molecule has 0 spiro atoms. The van der Waals surface area contributed by atoms with Crippen LogP contribution < -0.4 is 5.73 Å². The first-order chi connectivity index (χ1) is 8.99. The van der Waals surface area contributed by atoms with Crippen molar-refractivity contribution in [2.45, 2.75) is 38.6 Å². The number of likely N-dealkylation sites (tertiary alicyclic amines) is 1. The normalized spacial score (nSPS) is 17.0. The van der Waals surface area contributed by atoms with Gasteiger partial charge in [0.2, 0.25) is 0 Å². The third-order valence-corrected chi connectivity index (χ3v) is 3.59. The first kappa shape index (κ1) is 14.2. The van der Waals surface area contributed by atoms with Gasteiger partial charge in [-0.3, -0.25) is 4.79 Å². The zero-order valence-electron chi connectivity index (χ0n) is 11.3.